The number of aromatic nitrogens is 1. The van der Waals surface area contributed by atoms with Crippen LogP contribution in [0.4, 0.5) is 0 Å². The molecule has 0 fully saturated rings. The monoisotopic (exact) mass is 266 g/mol. The molecule has 3 heteroatoms. The normalized spacial score (nSPS) is 13.1. The van der Waals surface area contributed by atoms with Gasteiger partial charge in [0.1, 0.15) is 0 Å². The highest BCUT2D eigenvalue weighted by Gasteiger charge is 2.08. The average molecular weight is 266 g/mol. The van der Waals surface area contributed by atoms with E-state index >= 15 is 0 Å². The predicted octanol–water partition coefficient (Wildman–Crippen LogP) is 3.61. The van der Waals surface area contributed by atoms with Crippen molar-refractivity contribution in [3.63, 3.8) is 0 Å². The number of hydrogen-bond donors (Lipinski definition) is 1. The van der Waals surface area contributed by atoms with E-state index in [0.717, 1.165) is 38.6 Å². The number of hydrogen-bond acceptors (Lipinski definition) is 2. The SMILES string of the molecule is CCCNC(C)c1cccn1CCOCCC(C)C. The minimum absolute atomic E-state index is 0.408. The lowest BCUT2D eigenvalue weighted by molar-refractivity contribution is 0.115. The van der Waals surface area contributed by atoms with Gasteiger partial charge in [-0.3, -0.25) is 0 Å². The Labute approximate surface area is 118 Å². The maximum Gasteiger partial charge on any atom is 0.0645 e. The van der Waals surface area contributed by atoms with Gasteiger partial charge >= 0.3 is 0 Å². The molecule has 0 saturated heterocycles. The zero-order chi connectivity index (χ0) is 14.1. The molecule has 110 valence electrons. The molecule has 19 heavy (non-hydrogen) atoms. The summed E-state index contributed by atoms with van der Waals surface area (Å²) in [6.45, 7) is 12.6. The van der Waals surface area contributed by atoms with Crippen LogP contribution in [0.25, 0.3) is 0 Å². The molecule has 1 N–H and O–H groups in total. The first-order chi connectivity index (χ1) is 9.15. The van der Waals surface area contributed by atoms with Crippen molar-refractivity contribution in [2.24, 2.45) is 5.92 Å². The van der Waals surface area contributed by atoms with Crippen molar-refractivity contribution in [1.82, 2.24) is 9.88 Å². The molecular formula is C16H30N2O. The maximum absolute atomic E-state index is 5.69. The van der Waals surface area contributed by atoms with Gasteiger partial charge in [-0.1, -0.05) is 20.8 Å². The van der Waals surface area contributed by atoms with E-state index in [1.165, 1.54) is 12.1 Å². The second-order valence-electron chi connectivity index (χ2n) is 5.60. The van der Waals surface area contributed by atoms with Gasteiger partial charge in [-0.15, -0.1) is 0 Å². The summed E-state index contributed by atoms with van der Waals surface area (Å²) in [6, 6.07) is 4.72. The van der Waals surface area contributed by atoms with Gasteiger partial charge < -0.3 is 14.6 Å². The highest BCUT2D eigenvalue weighted by Crippen LogP contribution is 2.13. The van der Waals surface area contributed by atoms with Crippen molar-refractivity contribution in [2.45, 2.75) is 53.1 Å². The summed E-state index contributed by atoms with van der Waals surface area (Å²) in [4.78, 5) is 0. The lowest BCUT2D eigenvalue weighted by atomic mass is 10.1. The van der Waals surface area contributed by atoms with Gasteiger partial charge in [-0.05, 0) is 44.4 Å². The van der Waals surface area contributed by atoms with Crippen LogP contribution in [0.3, 0.4) is 0 Å². The van der Waals surface area contributed by atoms with E-state index in [9.17, 15) is 0 Å². The average Bonchev–Trinajstić information content (AvgIpc) is 2.83. The van der Waals surface area contributed by atoms with Crippen molar-refractivity contribution >= 4 is 0 Å². The summed E-state index contributed by atoms with van der Waals surface area (Å²) in [5, 5.41) is 3.53. The van der Waals surface area contributed by atoms with Crippen molar-refractivity contribution in [2.75, 3.05) is 19.8 Å². The Hall–Kier alpha value is -0.800. The summed E-state index contributed by atoms with van der Waals surface area (Å²) in [7, 11) is 0. The Bertz CT molecular complexity index is 333. The highest BCUT2D eigenvalue weighted by molar-refractivity contribution is 5.11. The Morgan fingerprint density at radius 3 is 2.74 bits per heavy atom. The molecule has 1 unspecified atom stereocenters. The minimum Gasteiger partial charge on any atom is -0.380 e. The molecule has 0 aromatic carbocycles. The van der Waals surface area contributed by atoms with E-state index in [2.05, 4.69) is 55.9 Å². The van der Waals surface area contributed by atoms with Crippen LogP contribution in [0, 0.1) is 5.92 Å². The van der Waals surface area contributed by atoms with E-state index < -0.39 is 0 Å². The van der Waals surface area contributed by atoms with Crippen LogP contribution < -0.4 is 5.32 Å². The molecule has 0 radical (unpaired) electrons. The van der Waals surface area contributed by atoms with Crippen LogP contribution in [0.15, 0.2) is 18.3 Å². The predicted molar refractivity (Wildman–Crippen MR) is 81.4 cm³/mol. The van der Waals surface area contributed by atoms with Crippen LogP contribution in [0.5, 0.6) is 0 Å². The second-order valence-corrected chi connectivity index (χ2v) is 5.60. The third-order valence-corrected chi connectivity index (χ3v) is 3.32. The largest absolute Gasteiger partial charge is 0.380 e. The Balaban J connectivity index is 2.32. The van der Waals surface area contributed by atoms with Gasteiger partial charge in [-0.25, -0.2) is 0 Å². The lowest BCUT2D eigenvalue weighted by Gasteiger charge is -2.17. The zero-order valence-electron chi connectivity index (χ0n) is 13.0. The van der Waals surface area contributed by atoms with Crippen LogP contribution in [0.2, 0.25) is 0 Å². The second kappa shape index (κ2) is 9.16. The third-order valence-electron chi connectivity index (χ3n) is 3.32. The minimum atomic E-state index is 0.408. The molecule has 3 nitrogen and oxygen atoms in total. The molecule has 0 aliphatic rings. The fraction of sp³-hybridized carbons (Fsp3) is 0.750. The Morgan fingerprint density at radius 1 is 1.26 bits per heavy atom. The molecule has 1 atom stereocenters. The number of nitrogens with zero attached hydrogens (tertiary/aromatic N) is 1. The number of rotatable bonds is 10. The maximum atomic E-state index is 5.69. The van der Waals surface area contributed by atoms with Crippen molar-refractivity contribution in [3.05, 3.63) is 24.0 Å². The number of ether oxygens (including phenoxy) is 1. The van der Waals surface area contributed by atoms with E-state index in [-0.39, 0.29) is 0 Å². The molecule has 0 aliphatic carbocycles. The van der Waals surface area contributed by atoms with Crippen molar-refractivity contribution in [1.29, 1.82) is 0 Å². The van der Waals surface area contributed by atoms with Gasteiger partial charge in [-0.2, -0.15) is 0 Å². The standard InChI is InChI=1S/C16H30N2O/c1-5-9-17-15(4)16-7-6-10-18(16)11-13-19-12-8-14(2)3/h6-7,10,14-15,17H,5,8-9,11-13H2,1-4H3. The first-order valence-corrected chi connectivity index (χ1v) is 7.61. The fourth-order valence-electron chi connectivity index (χ4n) is 2.07. The van der Waals surface area contributed by atoms with E-state index in [0.29, 0.717) is 6.04 Å². The molecule has 0 spiro atoms. The summed E-state index contributed by atoms with van der Waals surface area (Å²) in [5.74, 6) is 0.723. The van der Waals surface area contributed by atoms with Gasteiger partial charge in [0.15, 0.2) is 0 Å². The van der Waals surface area contributed by atoms with E-state index in [1.807, 2.05) is 0 Å². The Kier molecular flexibility index (Phi) is 7.84. The van der Waals surface area contributed by atoms with Crippen LogP contribution in [-0.2, 0) is 11.3 Å². The van der Waals surface area contributed by atoms with Gasteiger partial charge in [0.05, 0.1) is 6.61 Å². The van der Waals surface area contributed by atoms with Gasteiger partial charge in [0.2, 0.25) is 0 Å². The zero-order valence-corrected chi connectivity index (χ0v) is 13.0. The van der Waals surface area contributed by atoms with Crippen molar-refractivity contribution < 1.29 is 4.74 Å². The van der Waals surface area contributed by atoms with Crippen LogP contribution in [-0.4, -0.2) is 24.3 Å². The van der Waals surface area contributed by atoms with Crippen LogP contribution in [0.1, 0.15) is 52.3 Å². The molecule has 0 aliphatic heterocycles. The lowest BCUT2D eigenvalue weighted by Crippen LogP contribution is -2.22. The summed E-state index contributed by atoms with van der Waals surface area (Å²) in [5.41, 5.74) is 1.35. The van der Waals surface area contributed by atoms with Crippen molar-refractivity contribution in [3.8, 4) is 0 Å². The Morgan fingerprint density at radius 2 is 2.05 bits per heavy atom. The molecule has 0 amide bonds. The molecule has 0 saturated carbocycles. The fourth-order valence-corrected chi connectivity index (χ4v) is 2.07. The molecule has 0 bridgehead atoms. The van der Waals surface area contributed by atoms with Gasteiger partial charge in [0.25, 0.3) is 0 Å². The summed E-state index contributed by atoms with van der Waals surface area (Å²) < 4.78 is 7.99. The third kappa shape index (κ3) is 6.26. The van der Waals surface area contributed by atoms with Crippen LogP contribution >= 0.6 is 0 Å². The first-order valence-electron chi connectivity index (χ1n) is 7.61. The smallest absolute Gasteiger partial charge is 0.0645 e. The molecule has 1 heterocycles. The molecule has 1 aromatic heterocycles. The van der Waals surface area contributed by atoms with Gasteiger partial charge in [0, 0.05) is 31.1 Å². The van der Waals surface area contributed by atoms with E-state index in [1.54, 1.807) is 0 Å². The highest BCUT2D eigenvalue weighted by atomic mass is 16.5. The first kappa shape index (κ1) is 16.3. The molecular weight excluding hydrogens is 236 g/mol. The summed E-state index contributed by atoms with van der Waals surface area (Å²) in [6.07, 6.45) is 4.46. The quantitative estimate of drug-likeness (QED) is 0.655. The van der Waals surface area contributed by atoms with E-state index in [4.69, 9.17) is 4.74 Å². The molecule has 1 aromatic rings. The topological polar surface area (TPSA) is 26.2 Å². The molecule has 1 rings (SSSR count). The summed E-state index contributed by atoms with van der Waals surface area (Å²) >= 11 is 0. The number of nitrogens with one attached hydrogen (secondary N) is 1.